The van der Waals surface area contributed by atoms with Gasteiger partial charge in [-0.25, -0.2) is 0 Å². The number of nitrogens with zero attached hydrogens (tertiary/aromatic N) is 2. The van der Waals surface area contributed by atoms with Crippen LogP contribution in [0.25, 0.3) is 0 Å². The molecule has 3 atom stereocenters. The summed E-state index contributed by atoms with van der Waals surface area (Å²) in [6.07, 6.45) is 4.11. The third-order valence-corrected chi connectivity index (χ3v) is 9.16. The van der Waals surface area contributed by atoms with Crippen LogP contribution in [0.15, 0.2) is 109 Å². The summed E-state index contributed by atoms with van der Waals surface area (Å²) in [5.74, 6) is -1.46. The average Bonchev–Trinajstić information content (AvgIpc) is 3.31. The van der Waals surface area contributed by atoms with Crippen LogP contribution in [0.2, 0.25) is 0 Å². The maximum absolute atomic E-state index is 13.9. The molecule has 9 heteroatoms. The van der Waals surface area contributed by atoms with Crippen LogP contribution in [0.4, 0.5) is 17.1 Å². The van der Waals surface area contributed by atoms with Crippen LogP contribution in [-0.4, -0.2) is 45.5 Å². The zero-order valence-corrected chi connectivity index (χ0v) is 26.2. The predicted octanol–water partition coefficient (Wildman–Crippen LogP) is 4.78. The number of rotatable bonds is 9. The largest absolute Gasteiger partial charge is 0.399 e. The molecule has 3 amide bonds. The van der Waals surface area contributed by atoms with Crippen molar-refractivity contribution < 1.29 is 24.6 Å². The van der Waals surface area contributed by atoms with Crippen LogP contribution >= 0.6 is 0 Å². The van der Waals surface area contributed by atoms with E-state index in [4.69, 9.17) is 5.73 Å². The number of aliphatic hydroxyl groups excluding tert-OH is 1. The number of anilines is 3. The van der Waals surface area contributed by atoms with Crippen molar-refractivity contribution in [3.05, 3.63) is 137 Å². The number of aliphatic hydroxyl groups is 2. The van der Waals surface area contributed by atoms with Crippen molar-refractivity contribution in [2.24, 2.45) is 5.92 Å². The monoisotopic (exact) mass is 630 g/mol. The number of benzene rings is 4. The number of hydrogen-bond donors (Lipinski definition) is 4. The highest BCUT2D eigenvalue weighted by atomic mass is 16.3. The van der Waals surface area contributed by atoms with Crippen molar-refractivity contribution >= 4 is 34.8 Å². The van der Waals surface area contributed by atoms with E-state index < -0.39 is 17.4 Å². The van der Waals surface area contributed by atoms with Gasteiger partial charge in [0.2, 0.25) is 5.91 Å². The predicted molar refractivity (Wildman–Crippen MR) is 181 cm³/mol. The maximum Gasteiger partial charge on any atom is 0.264 e. The summed E-state index contributed by atoms with van der Waals surface area (Å²) in [7, 11) is 0. The summed E-state index contributed by atoms with van der Waals surface area (Å²) in [6, 6.07) is 28.7. The Morgan fingerprint density at radius 3 is 2.38 bits per heavy atom. The van der Waals surface area contributed by atoms with Crippen LogP contribution in [-0.2, 0) is 34.7 Å². The molecule has 4 aromatic carbocycles. The second kappa shape index (κ2) is 13.2. The fraction of sp³-hybridized carbons (Fsp3) is 0.237. The van der Waals surface area contributed by atoms with E-state index in [1.165, 1.54) is 0 Å². The first-order valence-corrected chi connectivity index (χ1v) is 15.7. The van der Waals surface area contributed by atoms with Gasteiger partial charge >= 0.3 is 0 Å². The summed E-state index contributed by atoms with van der Waals surface area (Å²) in [5, 5.41) is 24.8. The number of hydrogen-bond acceptors (Lipinski definition) is 6. The molecule has 5 N–H and O–H groups in total. The Morgan fingerprint density at radius 1 is 0.979 bits per heavy atom. The first-order valence-electron chi connectivity index (χ1n) is 15.7. The minimum Gasteiger partial charge on any atom is -0.399 e. The van der Waals surface area contributed by atoms with Gasteiger partial charge in [-0.05, 0) is 65.6 Å². The molecule has 0 bridgehead atoms. The summed E-state index contributed by atoms with van der Waals surface area (Å²) in [4.78, 5) is 43.1. The van der Waals surface area contributed by atoms with Crippen molar-refractivity contribution in [1.29, 1.82) is 0 Å². The lowest BCUT2D eigenvalue weighted by Crippen LogP contribution is -2.46. The van der Waals surface area contributed by atoms with Crippen molar-refractivity contribution in [2.75, 3.05) is 22.6 Å². The number of para-hydroxylation sites is 1. The highest BCUT2D eigenvalue weighted by Gasteiger charge is 2.52. The number of nitrogens with one attached hydrogen (secondary N) is 1. The fourth-order valence-electron chi connectivity index (χ4n) is 6.44. The van der Waals surface area contributed by atoms with Crippen LogP contribution in [0.1, 0.15) is 46.0 Å². The molecule has 0 unspecified atom stereocenters. The first-order chi connectivity index (χ1) is 22.7. The molecular weight excluding hydrogens is 592 g/mol. The number of nitrogens with two attached hydrogens (primary N) is 1. The summed E-state index contributed by atoms with van der Waals surface area (Å²) >= 11 is 0. The molecule has 2 aliphatic rings. The lowest BCUT2D eigenvalue weighted by atomic mass is 9.83. The zero-order valence-electron chi connectivity index (χ0n) is 26.2. The molecule has 0 aromatic heterocycles. The van der Waals surface area contributed by atoms with Gasteiger partial charge in [0, 0.05) is 41.4 Å². The van der Waals surface area contributed by atoms with Crippen LogP contribution in [0.5, 0.6) is 0 Å². The third-order valence-electron chi connectivity index (χ3n) is 9.16. The van der Waals surface area contributed by atoms with E-state index in [9.17, 15) is 24.6 Å². The lowest BCUT2D eigenvalue weighted by molar-refractivity contribution is -0.139. The Hall–Kier alpha value is -5.25. The molecule has 0 spiro atoms. The minimum atomic E-state index is -1.82. The molecule has 0 saturated heterocycles. The molecule has 9 nitrogen and oxygen atoms in total. The molecule has 47 heavy (non-hydrogen) atoms. The molecule has 0 fully saturated rings. The fourth-order valence-corrected chi connectivity index (χ4v) is 6.44. The maximum atomic E-state index is 13.9. The van der Waals surface area contributed by atoms with Crippen molar-refractivity contribution in [1.82, 2.24) is 4.90 Å². The Labute approximate surface area is 273 Å². The van der Waals surface area contributed by atoms with Crippen LogP contribution in [0.3, 0.4) is 0 Å². The first kappa shape index (κ1) is 31.7. The second-order valence-electron chi connectivity index (χ2n) is 12.2. The summed E-state index contributed by atoms with van der Waals surface area (Å²) < 4.78 is 0. The topological polar surface area (TPSA) is 136 Å². The summed E-state index contributed by atoms with van der Waals surface area (Å²) in [5.41, 5.74) is 9.72. The highest BCUT2D eigenvalue weighted by molar-refractivity contribution is 6.07. The van der Waals surface area contributed by atoms with Crippen molar-refractivity contribution in [2.45, 2.75) is 44.5 Å². The Kier molecular flexibility index (Phi) is 8.93. The van der Waals surface area contributed by atoms with E-state index in [-0.39, 0.29) is 37.4 Å². The van der Waals surface area contributed by atoms with E-state index >= 15 is 0 Å². The average molecular weight is 631 g/mol. The van der Waals surface area contributed by atoms with Crippen LogP contribution < -0.4 is 16.0 Å². The van der Waals surface area contributed by atoms with Crippen molar-refractivity contribution in [3.8, 4) is 0 Å². The van der Waals surface area contributed by atoms with Gasteiger partial charge in [0.05, 0.1) is 24.9 Å². The van der Waals surface area contributed by atoms with Crippen LogP contribution in [0, 0.1) is 5.92 Å². The molecule has 240 valence electrons. The molecule has 4 aromatic rings. The lowest BCUT2D eigenvalue weighted by Gasteiger charge is -2.36. The van der Waals surface area contributed by atoms with Gasteiger partial charge in [-0.1, -0.05) is 73.7 Å². The van der Waals surface area contributed by atoms with Gasteiger partial charge in [0.15, 0.2) is 5.60 Å². The van der Waals surface area contributed by atoms with E-state index in [0.717, 1.165) is 16.7 Å². The highest BCUT2D eigenvalue weighted by Crippen LogP contribution is 2.45. The molecular formula is C38H38N4O5. The molecule has 2 heterocycles. The third kappa shape index (κ3) is 6.27. The van der Waals surface area contributed by atoms with Gasteiger partial charge in [-0.15, -0.1) is 0 Å². The molecule has 0 saturated carbocycles. The smallest absolute Gasteiger partial charge is 0.264 e. The Balaban J connectivity index is 1.13. The standard InChI is InChI=1S/C38H38N4O5/c1-25(7-6-12-35(44)41-23-29-9-3-2-8-28(29)21-32(41)24-43)38(47)33-10-4-5-11-34(33)42(37(38)46)22-26-13-19-31(20-14-26)40-36(45)27-15-17-30(39)18-16-27/h2-11,13-20,25,32,43,47H,12,21-24,39H2,1H3,(H,40,45)/b7-6+/t25-,32-,38+/m0/s1. The van der Waals surface area contributed by atoms with Gasteiger partial charge in [-0.3, -0.25) is 14.4 Å². The van der Waals surface area contributed by atoms with E-state index in [2.05, 4.69) is 5.32 Å². The SMILES string of the molecule is C[C@@H](/C=C/CC(=O)N1Cc2ccccc2C[C@H]1CO)[C@]1(O)C(=O)N(Cc2ccc(NC(=O)c3ccc(N)cc3)cc2)c2ccccc21. The Bertz CT molecular complexity index is 1820. The normalized spacial score (nSPS) is 19.4. The zero-order chi connectivity index (χ0) is 33.1. The number of carbonyl (C=O) groups excluding carboxylic acids is 3. The second-order valence-corrected chi connectivity index (χ2v) is 12.2. The Morgan fingerprint density at radius 2 is 1.66 bits per heavy atom. The minimum absolute atomic E-state index is 0.0832. The summed E-state index contributed by atoms with van der Waals surface area (Å²) in [6.45, 7) is 2.30. The van der Waals surface area contributed by atoms with Crippen molar-refractivity contribution in [3.63, 3.8) is 0 Å². The molecule has 6 rings (SSSR count). The number of fused-ring (bicyclic) bond motifs is 2. The molecule has 2 aliphatic heterocycles. The van der Waals surface area contributed by atoms with Gasteiger partial charge in [0.25, 0.3) is 11.8 Å². The number of nitrogen functional groups attached to an aromatic ring is 1. The van der Waals surface area contributed by atoms with Gasteiger partial charge < -0.3 is 31.1 Å². The van der Waals surface area contributed by atoms with E-state index in [1.54, 1.807) is 77.4 Å². The van der Waals surface area contributed by atoms with Gasteiger partial charge in [-0.2, -0.15) is 0 Å². The number of carbonyl (C=O) groups is 3. The number of amides is 3. The molecule has 0 radical (unpaired) electrons. The van der Waals surface area contributed by atoms with Gasteiger partial charge in [0.1, 0.15) is 0 Å². The molecule has 0 aliphatic carbocycles. The van der Waals surface area contributed by atoms with E-state index in [0.29, 0.717) is 41.2 Å². The quantitative estimate of drug-likeness (QED) is 0.155. The van der Waals surface area contributed by atoms with E-state index in [1.807, 2.05) is 48.5 Å².